The van der Waals surface area contributed by atoms with Crippen LogP contribution in [0.1, 0.15) is 29.3 Å². The molecule has 0 radical (unpaired) electrons. The molecule has 1 aromatic carbocycles. The average Bonchev–Trinajstić information content (AvgIpc) is 3.21. The number of rotatable bonds is 7. The van der Waals surface area contributed by atoms with Crippen LogP contribution in [0.25, 0.3) is 16.9 Å². The largest absolute Gasteiger partial charge is 0.450 e. The Kier molecular flexibility index (Phi) is 7.73. The number of nitrogens with one attached hydrogen (secondary N) is 1. The van der Waals surface area contributed by atoms with Crippen LogP contribution in [0.15, 0.2) is 30.6 Å². The van der Waals surface area contributed by atoms with E-state index in [1.807, 2.05) is 6.92 Å². The van der Waals surface area contributed by atoms with Crippen molar-refractivity contribution in [2.75, 3.05) is 0 Å². The number of carbonyl (C=O) groups is 1. The van der Waals surface area contributed by atoms with Gasteiger partial charge in [-0.3, -0.25) is 4.79 Å². The van der Waals surface area contributed by atoms with Crippen LogP contribution < -0.4 is 9.50 Å². The lowest BCUT2D eigenvalue weighted by Gasteiger charge is -2.28. The molecule has 2 heterocycles. The number of aromatic nitrogens is 4. The van der Waals surface area contributed by atoms with Gasteiger partial charge in [0.2, 0.25) is 0 Å². The van der Waals surface area contributed by atoms with Crippen molar-refractivity contribution in [1.29, 1.82) is 0 Å². The van der Waals surface area contributed by atoms with E-state index in [9.17, 15) is 57.1 Å². The maximum Gasteiger partial charge on any atom is 0.450 e. The Morgan fingerprint density at radius 1 is 1.05 bits per heavy atom. The van der Waals surface area contributed by atoms with Gasteiger partial charge in [-0.2, -0.15) is 53.0 Å². The highest BCUT2D eigenvalue weighted by molar-refractivity contribution is 7.88. The van der Waals surface area contributed by atoms with Crippen LogP contribution in [0, 0.1) is 5.92 Å². The number of carbonyl (C=O) groups excluding carboxylic acids is 1. The van der Waals surface area contributed by atoms with Gasteiger partial charge in [0.25, 0.3) is 11.8 Å². The number of halogens is 11. The fourth-order valence-electron chi connectivity index (χ4n) is 3.90. The molecule has 1 aliphatic rings. The molecule has 1 saturated carbocycles. The van der Waals surface area contributed by atoms with E-state index in [1.54, 1.807) is 0 Å². The zero-order chi connectivity index (χ0) is 32.5. The molecule has 9 nitrogen and oxygen atoms in total. The van der Waals surface area contributed by atoms with Crippen molar-refractivity contribution in [3.05, 3.63) is 46.7 Å². The second kappa shape index (κ2) is 10.3. The van der Waals surface area contributed by atoms with E-state index in [0.29, 0.717) is 11.7 Å². The van der Waals surface area contributed by atoms with E-state index in [0.717, 1.165) is 18.8 Å². The van der Waals surface area contributed by atoms with Gasteiger partial charge in [-0.1, -0.05) is 24.6 Å². The topological polar surface area (TPSA) is 108 Å². The Labute approximate surface area is 239 Å². The van der Waals surface area contributed by atoms with Crippen molar-refractivity contribution in [1.82, 2.24) is 24.9 Å². The summed E-state index contributed by atoms with van der Waals surface area (Å²) in [7, 11) is -6.89. The third kappa shape index (κ3) is 5.73. The van der Waals surface area contributed by atoms with Gasteiger partial charge in [0.1, 0.15) is 0 Å². The monoisotopic (exact) mass is 671 g/mol. The van der Waals surface area contributed by atoms with Gasteiger partial charge in [0, 0.05) is 24.8 Å². The van der Waals surface area contributed by atoms with Crippen LogP contribution in [0.5, 0.6) is 5.88 Å². The lowest BCUT2D eigenvalue weighted by atomic mass is 10.1. The number of nitrogens with zero attached hydrogens (tertiary/aromatic N) is 4. The smallest absolute Gasteiger partial charge is 0.356 e. The predicted molar refractivity (Wildman–Crippen MR) is 126 cm³/mol. The number of benzene rings is 1. The lowest BCUT2D eigenvalue weighted by molar-refractivity contribution is -0.307. The van der Waals surface area contributed by atoms with Crippen molar-refractivity contribution in [3.8, 4) is 22.8 Å². The Hall–Kier alpha value is -3.55. The molecular formula is C22H16ClF10N5O4S. The number of aryl methyl sites for hydroxylation is 1. The number of hydrogen-bond donors (Lipinski definition) is 1. The average molecular weight is 672 g/mol. The lowest BCUT2D eigenvalue weighted by Crippen LogP contribution is -2.60. The molecule has 21 heteroatoms. The van der Waals surface area contributed by atoms with Crippen LogP contribution in [0.2, 0.25) is 5.02 Å². The zero-order valence-electron chi connectivity index (χ0n) is 21.2. The van der Waals surface area contributed by atoms with E-state index >= 15 is 0 Å². The van der Waals surface area contributed by atoms with E-state index in [1.165, 1.54) is 18.2 Å². The van der Waals surface area contributed by atoms with E-state index in [-0.39, 0.29) is 38.4 Å². The van der Waals surface area contributed by atoms with E-state index in [2.05, 4.69) is 19.7 Å². The first kappa shape index (κ1) is 32.4. The molecule has 4 rings (SSSR count). The second-order valence-corrected chi connectivity index (χ2v) is 11.5. The molecule has 3 aromatic rings. The molecule has 1 amide bonds. The van der Waals surface area contributed by atoms with Crippen molar-refractivity contribution >= 4 is 27.6 Å². The molecule has 236 valence electrons. The van der Waals surface area contributed by atoms with Gasteiger partial charge in [0.05, 0.1) is 16.8 Å². The molecule has 1 fully saturated rings. The maximum absolute atomic E-state index is 14.2. The molecule has 43 heavy (non-hydrogen) atoms. The van der Waals surface area contributed by atoms with Crippen molar-refractivity contribution in [2.24, 2.45) is 13.0 Å². The van der Waals surface area contributed by atoms with Crippen LogP contribution >= 0.6 is 11.6 Å². The van der Waals surface area contributed by atoms with Gasteiger partial charge in [0.15, 0.2) is 11.4 Å². The summed E-state index contributed by atoms with van der Waals surface area (Å²) in [4.78, 5) is 12.6. The minimum absolute atomic E-state index is 0.00691. The molecule has 1 N–H and O–H groups in total. The highest BCUT2D eigenvalue weighted by Gasteiger charge is 2.82. The van der Waals surface area contributed by atoms with Gasteiger partial charge >= 0.3 is 33.6 Å². The van der Waals surface area contributed by atoms with Gasteiger partial charge in [-0.05, 0) is 30.0 Å². The first-order valence-electron chi connectivity index (χ1n) is 11.6. The number of amides is 1. The molecule has 0 bridgehead atoms. The molecule has 0 spiro atoms. The Balaban J connectivity index is 1.76. The quantitative estimate of drug-likeness (QED) is 0.260. The standard InChI is InChI=1S/C22H16ClF10N5O4S/c1-9-5-14(9)35-16(39)12-6-10(3-4-13(12)23)11-7-34-38(8-11)18-15(19(24,25)26)17(36-37(18)2)42-43(40,41)20(27,21(28,29)30)22(31,32)33/h3-4,6-9,14H,5H2,1-2H3,(H,35,39)/t9-,14-/m0/s1. The summed E-state index contributed by atoms with van der Waals surface area (Å²) in [6.45, 7) is 1.90. The highest BCUT2D eigenvalue weighted by atomic mass is 35.5. The molecule has 2 atom stereocenters. The van der Waals surface area contributed by atoms with Crippen molar-refractivity contribution in [2.45, 2.75) is 42.9 Å². The summed E-state index contributed by atoms with van der Waals surface area (Å²) in [5.41, 5.74) is -2.06. The van der Waals surface area contributed by atoms with Crippen LogP contribution in [0.3, 0.4) is 0 Å². The van der Waals surface area contributed by atoms with Crippen LogP contribution in [-0.2, 0) is 23.3 Å². The Morgan fingerprint density at radius 3 is 2.14 bits per heavy atom. The summed E-state index contributed by atoms with van der Waals surface area (Å²) in [6.07, 6.45) is -17.5. The minimum atomic E-state index is -7.59. The third-order valence-corrected chi connectivity index (χ3v) is 8.16. The van der Waals surface area contributed by atoms with Crippen molar-refractivity contribution < 1.29 is 61.3 Å². The first-order chi connectivity index (χ1) is 19.5. The fraction of sp³-hybridized carbons (Fsp3) is 0.409. The molecular weight excluding hydrogens is 656 g/mol. The predicted octanol–water partition coefficient (Wildman–Crippen LogP) is 5.58. The number of alkyl halides is 10. The number of hydrogen-bond acceptors (Lipinski definition) is 6. The first-order valence-corrected chi connectivity index (χ1v) is 13.3. The Morgan fingerprint density at radius 2 is 1.63 bits per heavy atom. The van der Waals surface area contributed by atoms with Gasteiger partial charge in [-0.25, -0.2) is 13.8 Å². The van der Waals surface area contributed by atoms with Gasteiger partial charge in [-0.15, -0.1) is 5.10 Å². The van der Waals surface area contributed by atoms with Crippen molar-refractivity contribution in [3.63, 3.8) is 0 Å². The third-order valence-electron chi connectivity index (χ3n) is 6.30. The Bertz CT molecular complexity index is 1670. The second-order valence-electron chi connectivity index (χ2n) is 9.41. The minimum Gasteiger partial charge on any atom is -0.356 e. The summed E-state index contributed by atoms with van der Waals surface area (Å²) < 4.78 is 162. The molecule has 0 saturated heterocycles. The molecule has 0 aliphatic heterocycles. The summed E-state index contributed by atoms with van der Waals surface area (Å²) in [6, 6.07) is 3.89. The highest BCUT2D eigenvalue weighted by Crippen LogP contribution is 2.51. The molecule has 2 aromatic heterocycles. The maximum atomic E-state index is 14.2. The van der Waals surface area contributed by atoms with Crippen LogP contribution in [0.4, 0.5) is 43.9 Å². The van der Waals surface area contributed by atoms with E-state index < -0.39 is 56.8 Å². The SMILES string of the molecule is C[C@H]1C[C@@H]1NC(=O)c1cc(-c2cnn(-c3c(C(F)(F)F)c(OS(=O)(=O)C(F)(C(F)(F)F)C(F)(F)F)nn3C)c2)ccc1Cl. The van der Waals surface area contributed by atoms with Gasteiger partial charge < -0.3 is 9.50 Å². The summed E-state index contributed by atoms with van der Waals surface area (Å²) >= 11 is 6.11. The summed E-state index contributed by atoms with van der Waals surface area (Å²) in [5, 5.41) is 2.30. The molecule has 0 unspecified atom stereocenters. The fourth-order valence-corrected chi connectivity index (χ4v) is 5.11. The molecule has 1 aliphatic carbocycles. The van der Waals surface area contributed by atoms with Crippen LogP contribution in [-0.4, -0.2) is 57.3 Å². The normalized spacial score (nSPS) is 18.1. The van der Waals surface area contributed by atoms with E-state index in [4.69, 9.17) is 11.6 Å². The summed E-state index contributed by atoms with van der Waals surface area (Å²) in [5.74, 6) is -3.86. The zero-order valence-corrected chi connectivity index (χ0v) is 22.8.